The summed E-state index contributed by atoms with van der Waals surface area (Å²) in [5, 5.41) is 21.4. The fourth-order valence-corrected chi connectivity index (χ4v) is 2.68. The normalized spacial score (nSPS) is 18.2. The summed E-state index contributed by atoms with van der Waals surface area (Å²) in [4.78, 5) is 24.0. The molecular weight excluding hydrogens is 322 g/mol. The Labute approximate surface area is 147 Å². The van der Waals surface area contributed by atoms with Crippen LogP contribution in [0.3, 0.4) is 0 Å². The Morgan fingerprint density at radius 3 is 2.92 bits per heavy atom. The van der Waals surface area contributed by atoms with Crippen molar-refractivity contribution in [3.8, 4) is 11.8 Å². The summed E-state index contributed by atoms with van der Waals surface area (Å²) < 4.78 is 0. The van der Waals surface area contributed by atoms with Crippen molar-refractivity contribution in [3.05, 3.63) is 12.4 Å². The fraction of sp³-hybridized carbons (Fsp3) is 0.588. The van der Waals surface area contributed by atoms with Crippen molar-refractivity contribution in [2.75, 3.05) is 56.1 Å². The smallest absolute Gasteiger partial charge is 0.309 e. The molecule has 0 saturated carbocycles. The summed E-state index contributed by atoms with van der Waals surface area (Å²) in [5.74, 6) is 6.09. The summed E-state index contributed by atoms with van der Waals surface area (Å²) >= 11 is 0. The number of aliphatic hydroxyl groups is 1. The summed E-state index contributed by atoms with van der Waals surface area (Å²) in [6.07, 6.45) is 2.24. The maximum Gasteiger partial charge on any atom is 0.309 e. The lowest BCUT2D eigenvalue weighted by atomic mass is 10.1. The molecule has 8 nitrogen and oxygen atoms in total. The standard InChI is InChI=1S/C17H25N5O3/c1-2-3-4-6-21-7-8-22(12-14(11-21)17(24)25)16-10-15(18-5-9-23)19-13-20-16/h10,13-14,23H,2,5-9,11-12H2,1H3,(H,24,25)(H,18,19,20)/t14-/m1/s1. The van der Waals surface area contributed by atoms with Gasteiger partial charge in [-0.2, -0.15) is 0 Å². The van der Waals surface area contributed by atoms with Crippen LogP contribution in [0.2, 0.25) is 0 Å². The van der Waals surface area contributed by atoms with E-state index in [4.69, 9.17) is 5.11 Å². The van der Waals surface area contributed by atoms with E-state index >= 15 is 0 Å². The van der Waals surface area contributed by atoms with Crippen LogP contribution in [0.5, 0.6) is 0 Å². The van der Waals surface area contributed by atoms with Gasteiger partial charge in [0.25, 0.3) is 0 Å². The number of aliphatic carboxylic acids is 1. The van der Waals surface area contributed by atoms with E-state index in [1.165, 1.54) is 6.33 Å². The lowest BCUT2D eigenvalue weighted by Gasteiger charge is -2.23. The van der Waals surface area contributed by atoms with Gasteiger partial charge in [0.05, 0.1) is 19.1 Å². The summed E-state index contributed by atoms with van der Waals surface area (Å²) in [6.45, 7) is 5.26. The Morgan fingerprint density at radius 1 is 1.36 bits per heavy atom. The highest BCUT2D eigenvalue weighted by Gasteiger charge is 2.28. The van der Waals surface area contributed by atoms with Crippen LogP contribution in [-0.4, -0.2) is 76.9 Å². The molecular formula is C17H25N5O3. The third-order valence-electron chi connectivity index (χ3n) is 3.95. The molecule has 8 heteroatoms. The highest BCUT2D eigenvalue weighted by atomic mass is 16.4. The molecule has 0 bridgehead atoms. The van der Waals surface area contributed by atoms with Gasteiger partial charge in [-0.05, 0) is 0 Å². The van der Waals surface area contributed by atoms with Gasteiger partial charge in [-0.1, -0.05) is 12.8 Å². The zero-order valence-corrected chi connectivity index (χ0v) is 14.5. The summed E-state index contributed by atoms with van der Waals surface area (Å²) in [6, 6.07) is 1.78. The Kier molecular flexibility index (Phi) is 7.44. The van der Waals surface area contributed by atoms with E-state index in [9.17, 15) is 9.90 Å². The van der Waals surface area contributed by atoms with Crippen LogP contribution in [0.1, 0.15) is 13.3 Å². The second-order valence-electron chi connectivity index (χ2n) is 5.84. The third kappa shape index (κ3) is 5.89. The Morgan fingerprint density at radius 2 is 2.20 bits per heavy atom. The average molecular weight is 347 g/mol. The maximum absolute atomic E-state index is 11.6. The van der Waals surface area contributed by atoms with E-state index in [0.29, 0.717) is 44.4 Å². The third-order valence-corrected chi connectivity index (χ3v) is 3.95. The Hall–Kier alpha value is -2.37. The molecule has 136 valence electrons. The topological polar surface area (TPSA) is 102 Å². The Balaban J connectivity index is 2.11. The average Bonchev–Trinajstić information content (AvgIpc) is 2.83. The predicted molar refractivity (Wildman–Crippen MR) is 95.5 cm³/mol. The van der Waals surface area contributed by atoms with Gasteiger partial charge in [0.1, 0.15) is 18.0 Å². The van der Waals surface area contributed by atoms with Crippen LogP contribution < -0.4 is 10.2 Å². The number of hydrogen-bond acceptors (Lipinski definition) is 7. The van der Waals surface area contributed by atoms with Gasteiger partial charge in [0.15, 0.2) is 0 Å². The largest absolute Gasteiger partial charge is 0.481 e. The predicted octanol–water partition coefficient (Wildman–Crippen LogP) is 0.117. The van der Waals surface area contributed by atoms with Crippen molar-refractivity contribution >= 4 is 17.6 Å². The van der Waals surface area contributed by atoms with Crippen LogP contribution in [-0.2, 0) is 4.79 Å². The van der Waals surface area contributed by atoms with Gasteiger partial charge in [0, 0.05) is 45.2 Å². The molecule has 1 aliphatic heterocycles. The van der Waals surface area contributed by atoms with E-state index in [0.717, 1.165) is 13.0 Å². The second-order valence-corrected chi connectivity index (χ2v) is 5.84. The number of carboxylic acids is 1. The van der Waals surface area contributed by atoms with Crippen LogP contribution in [0.15, 0.2) is 12.4 Å². The first-order chi connectivity index (χ1) is 12.1. The molecule has 0 unspecified atom stereocenters. The number of nitrogens with one attached hydrogen (secondary N) is 1. The van der Waals surface area contributed by atoms with E-state index in [-0.39, 0.29) is 6.61 Å². The molecule has 25 heavy (non-hydrogen) atoms. The molecule has 1 aliphatic rings. The first-order valence-electron chi connectivity index (χ1n) is 8.46. The van der Waals surface area contributed by atoms with Crippen molar-refractivity contribution in [1.82, 2.24) is 14.9 Å². The van der Waals surface area contributed by atoms with Crippen LogP contribution >= 0.6 is 0 Å². The number of rotatable bonds is 6. The number of hydrogen-bond donors (Lipinski definition) is 3. The van der Waals surface area contributed by atoms with Gasteiger partial charge in [-0.25, -0.2) is 9.97 Å². The molecule has 1 fully saturated rings. The number of anilines is 2. The fourth-order valence-electron chi connectivity index (χ4n) is 2.68. The van der Waals surface area contributed by atoms with E-state index in [1.807, 2.05) is 11.8 Å². The van der Waals surface area contributed by atoms with Gasteiger partial charge in [-0.3, -0.25) is 9.69 Å². The molecule has 0 aliphatic carbocycles. The molecule has 2 heterocycles. The van der Waals surface area contributed by atoms with Crippen molar-refractivity contribution in [2.24, 2.45) is 5.92 Å². The van der Waals surface area contributed by atoms with E-state index in [1.54, 1.807) is 6.07 Å². The minimum absolute atomic E-state index is 0.0118. The van der Waals surface area contributed by atoms with Crippen LogP contribution in [0, 0.1) is 17.8 Å². The zero-order valence-electron chi connectivity index (χ0n) is 14.5. The first-order valence-corrected chi connectivity index (χ1v) is 8.46. The number of nitrogens with zero attached hydrogens (tertiary/aromatic N) is 4. The van der Waals surface area contributed by atoms with Crippen molar-refractivity contribution in [2.45, 2.75) is 13.3 Å². The molecule has 0 aromatic carbocycles. The molecule has 0 spiro atoms. The number of aliphatic hydroxyl groups excluding tert-OH is 1. The SMILES string of the molecule is CCC#CCN1CCN(c2cc(NCCO)ncn2)C[C@H](C(=O)O)C1. The van der Waals surface area contributed by atoms with Crippen molar-refractivity contribution < 1.29 is 15.0 Å². The lowest BCUT2D eigenvalue weighted by Crippen LogP contribution is -2.35. The number of aromatic nitrogens is 2. The monoisotopic (exact) mass is 347 g/mol. The van der Waals surface area contributed by atoms with Crippen molar-refractivity contribution in [1.29, 1.82) is 0 Å². The zero-order chi connectivity index (χ0) is 18.1. The van der Waals surface area contributed by atoms with Gasteiger partial charge in [-0.15, -0.1) is 5.92 Å². The quantitative estimate of drug-likeness (QED) is 0.624. The highest BCUT2D eigenvalue weighted by molar-refractivity contribution is 5.71. The summed E-state index contributed by atoms with van der Waals surface area (Å²) in [5.41, 5.74) is 0. The first kappa shape index (κ1) is 19.0. The maximum atomic E-state index is 11.6. The van der Waals surface area contributed by atoms with Gasteiger partial charge < -0.3 is 20.4 Å². The molecule has 1 aromatic rings. The molecule has 1 atom stereocenters. The molecule has 0 radical (unpaired) electrons. The second kappa shape index (κ2) is 9.81. The minimum atomic E-state index is -0.812. The van der Waals surface area contributed by atoms with Gasteiger partial charge in [0.2, 0.25) is 0 Å². The van der Waals surface area contributed by atoms with E-state index < -0.39 is 11.9 Å². The van der Waals surface area contributed by atoms with Gasteiger partial charge >= 0.3 is 5.97 Å². The van der Waals surface area contributed by atoms with Crippen LogP contribution in [0.25, 0.3) is 0 Å². The lowest BCUT2D eigenvalue weighted by molar-refractivity contribution is -0.141. The molecule has 0 amide bonds. The number of carboxylic acid groups (broad SMARTS) is 1. The minimum Gasteiger partial charge on any atom is -0.481 e. The Bertz CT molecular complexity index is 628. The molecule has 1 saturated heterocycles. The van der Waals surface area contributed by atoms with Crippen LogP contribution in [0.4, 0.5) is 11.6 Å². The number of carbonyl (C=O) groups is 1. The molecule has 3 N–H and O–H groups in total. The van der Waals surface area contributed by atoms with E-state index in [2.05, 4.69) is 32.0 Å². The highest BCUT2D eigenvalue weighted by Crippen LogP contribution is 2.19. The molecule has 2 rings (SSSR count). The van der Waals surface area contributed by atoms with Crippen molar-refractivity contribution in [3.63, 3.8) is 0 Å². The summed E-state index contributed by atoms with van der Waals surface area (Å²) in [7, 11) is 0. The molecule has 1 aromatic heterocycles.